The second-order valence-corrected chi connectivity index (χ2v) is 4.53. The maximum Gasteiger partial charge on any atom is 0.188 e. The Kier molecular flexibility index (Phi) is 2.89. The van der Waals surface area contributed by atoms with Crippen LogP contribution in [0.4, 0.5) is 5.82 Å². The molecule has 0 radical (unpaired) electrons. The number of hydrogen-bond acceptors (Lipinski definition) is 5. The zero-order valence-electron chi connectivity index (χ0n) is 9.67. The van der Waals surface area contributed by atoms with Crippen LogP contribution in [-0.2, 0) is 0 Å². The maximum atomic E-state index is 9.89. The van der Waals surface area contributed by atoms with E-state index in [1.54, 1.807) is 19.1 Å². The first-order valence-electron chi connectivity index (χ1n) is 5.44. The summed E-state index contributed by atoms with van der Waals surface area (Å²) in [5.41, 5.74) is 5.24. The van der Waals surface area contributed by atoms with Crippen LogP contribution >= 0.6 is 0 Å². The third-order valence-electron chi connectivity index (χ3n) is 2.88. The number of nitrogens with zero attached hydrogens (tertiary/aromatic N) is 3. The SMILES string of the molecule is CC1(O)CCN(c2cccc(/C(N)=N/O)n2)C1. The summed E-state index contributed by atoms with van der Waals surface area (Å²) in [6, 6.07) is 5.31. The van der Waals surface area contributed by atoms with Crippen molar-refractivity contribution >= 4 is 11.7 Å². The smallest absolute Gasteiger partial charge is 0.188 e. The number of β-amino-alcohol motifs (C(OH)–C–C–N with tert-alkyl or cyclic N) is 1. The average Bonchev–Trinajstić information content (AvgIpc) is 2.69. The fourth-order valence-corrected chi connectivity index (χ4v) is 1.93. The van der Waals surface area contributed by atoms with Gasteiger partial charge in [0.1, 0.15) is 11.5 Å². The van der Waals surface area contributed by atoms with E-state index in [9.17, 15) is 5.11 Å². The van der Waals surface area contributed by atoms with E-state index in [1.807, 2.05) is 11.0 Å². The van der Waals surface area contributed by atoms with E-state index in [2.05, 4.69) is 10.1 Å². The van der Waals surface area contributed by atoms with Gasteiger partial charge in [-0.25, -0.2) is 4.98 Å². The number of hydrogen-bond donors (Lipinski definition) is 3. The molecule has 1 saturated heterocycles. The number of amidine groups is 1. The van der Waals surface area contributed by atoms with E-state index in [1.165, 1.54) is 0 Å². The van der Waals surface area contributed by atoms with Gasteiger partial charge in [-0.1, -0.05) is 11.2 Å². The molecule has 0 aromatic carbocycles. The number of anilines is 1. The highest BCUT2D eigenvalue weighted by Crippen LogP contribution is 2.24. The van der Waals surface area contributed by atoms with Crippen LogP contribution in [0.3, 0.4) is 0 Å². The Hall–Kier alpha value is -1.82. The van der Waals surface area contributed by atoms with Gasteiger partial charge in [0.25, 0.3) is 0 Å². The highest BCUT2D eigenvalue weighted by Gasteiger charge is 2.31. The summed E-state index contributed by atoms with van der Waals surface area (Å²) < 4.78 is 0. The van der Waals surface area contributed by atoms with Crippen molar-refractivity contribution in [1.29, 1.82) is 0 Å². The topological polar surface area (TPSA) is 95.0 Å². The van der Waals surface area contributed by atoms with Crippen molar-refractivity contribution in [3.8, 4) is 0 Å². The number of aliphatic hydroxyl groups is 1. The third kappa shape index (κ3) is 2.47. The molecule has 0 saturated carbocycles. The second kappa shape index (κ2) is 4.21. The Labute approximate surface area is 99.4 Å². The minimum Gasteiger partial charge on any atom is -0.409 e. The number of nitrogens with two attached hydrogens (primary N) is 1. The van der Waals surface area contributed by atoms with Crippen LogP contribution in [0.1, 0.15) is 19.0 Å². The van der Waals surface area contributed by atoms with E-state index in [4.69, 9.17) is 10.9 Å². The largest absolute Gasteiger partial charge is 0.409 e. The van der Waals surface area contributed by atoms with Crippen LogP contribution in [0.15, 0.2) is 23.4 Å². The Morgan fingerprint density at radius 3 is 2.94 bits per heavy atom. The molecule has 4 N–H and O–H groups in total. The van der Waals surface area contributed by atoms with E-state index in [-0.39, 0.29) is 5.84 Å². The van der Waals surface area contributed by atoms with Crippen molar-refractivity contribution in [1.82, 2.24) is 4.98 Å². The highest BCUT2D eigenvalue weighted by molar-refractivity contribution is 5.95. The van der Waals surface area contributed by atoms with Gasteiger partial charge >= 0.3 is 0 Å². The molecule has 0 amide bonds. The zero-order valence-corrected chi connectivity index (χ0v) is 9.67. The molecule has 0 bridgehead atoms. The first kappa shape index (κ1) is 11.7. The fraction of sp³-hybridized carbons (Fsp3) is 0.455. The number of rotatable bonds is 2. The molecule has 17 heavy (non-hydrogen) atoms. The van der Waals surface area contributed by atoms with Gasteiger partial charge < -0.3 is 20.9 Å². The van der Waals surface area contributed by atoms with Crippen LogP contribution in [0.5, 0.6) is 0 Å². The Bertz CT molecular complexity index is 445. The van der Waals surface area contributed by atoms with Crippen molar-refractivity contribution in [3.05, 3.63) is 23.9 Å². The van der Waals surface area contributed by atoms with Crippen LogP contribution in [-0.4, -0.2) is 39.8 Å². The van der Waals surface area contributed by atoms with Crippen molar-refractivity contribution < 1.29 is 10.3 Å². The predicted molar refractivity (Wildman–Crippen MR) is 64.2 cm³/mol. The third-order valence-corrected chi connectivity index (χ3v) is 2.88. The van der Waals surface area contributed by atoms with Gasteiger partial charge in [0.15, 0.2) is 5.84 Å². The van der Waals surface area contributed by atoms with Gasteiger partial charge in [0, 0.05) is 13.1 Å². The molecule has 1 atom stereocenters. The second-order valence-electron chi connectivity index (χ2n) is 4.53. The molecule has 1 aliphatic heterocycles. The molecule has 1 aromatic heterocycles. The summed E-state index contributed by atoms with van der Waals surface area (Å²) in [5.74, 6) is 0.713. The van der Waals surface area contributed by atoms with Gasteiger partial charge in [-0.05, 0) is 25.5 Å². The van der Waals surface area contributed by atoms with E-state index >= 15 is 0 Å². The maximum absolute atomic E-state index is 9.89. The average molecular weight is 236 g/mol. The Morgan fingerprint density at radius 2 is 2.35 bits per heavy atom. The van der Waals surface area contributed by atoms with Crippen molar-refractivity contribution in [3.63, 3.8) is 0 Å². The monoisotopic (exact) mass is 236 g/mol. The summed E-state index contributed by atoms with van der Waals surface area (Å²) in [6.45, 7) is 3.10. The van der Waals surface area contributed by atoms with Crippen LogP contribution < -0.4 is 10.6 Å². The van der Waals surface area contributed by atoms with Crippen molar-refractivity contribution in [2.45, 2.75) is 18.9 Å². The quantitative estimate of drug-likeness (QED) is 0.294. The molecule has 1 unspecified atom stereocenters. The Balaban J connectivity index is 2.23. The zero-order chi connectivity index (χ0) is 12.5. The normalized spacial score (nSPS) is 25.3. The minimum atomic E-state index is -0.672. The van der Waals surface area contributed by atoms with Crippen LogP contribution in [0.2, 0.25) is 0 Å². The lowest BCUT2D eigenvalue weighted by Gasteiger charge is -2.20. The summed E-state index contributed by atoms with van der Waals surface area (Å²) in [4.78, 5) is 6.27. The van der Waals surface area contributed by atoms with Gasteiger partial charge in [-0.3, -0.25) is 0 Å². The van der Waals surface area contributed by atoms with Gasteiger partial charge in [0.05, 0.1) is 5.60 Å². The van der Waals surface area contributed by atoms with Crippen LogP contribution in [0, 0.1) is 0 Å². The van der Waals surface area contributed by atoms with Crippen LogP contribution in [0.25, 0.3) is 0 Å². The molecule has 0 aliphatic carbocycles. The summed E-state index contributed by atoms with van der Waals surface area (Å²) in [6.07, 6.45) is 0.711. The molecule has 0 spiro atoms. The van der Waals surface area contributed by atoms with Crippen molar-refractivity contribution in [2.24, 2.45) is 10.9 Å². The minimum absolute atomic E-state index is 0.0159. The molecule has 2 rings (SSSR count). The molecule has 2 heterocycles. The lowest BCUT2D eigenvalue weighted by atomic mass is 10.1. The van der Waals surface area contributed by atoms with Gasteiger partial charge in [-0.2, -0.15) is 0 Å². The Morgan fingerprint density at radius 1 is 1.59 bits per heavy atom. The first-order chi connectivity index (χ1) is 8.02. The number of aromatic nitrogens is 1. The molecule has 1 aliphatic rings. The summed E-state index contributed by atoms with van der Waals surface area (Å²) >= 11 is 0. The molecule has 1 fully saturated rings. The summed E-state index contributed by atoms with van der Waals surface area (Å²) in [5, 5.41) is 21.4. The van der Waals surface area contributed by atoms with Gasteiger partial charge in [-0.15, -0.1) is 0 Å². The molecule has 6 heteroatoms. The predicted octanol–water partition coefficient (Wildman–Crippen LogP) is 0.137. The number of oxime groups is 1. The molecule has 92 valence electrons. The highest BCUT2D eigenvalue weighted by atomic mass is 16.4. The molecule has 6 nitrogen and oxygen atoms in total. The summed E-state index contributed by atoms with van der Waals surface area (Å²) in [7, 11) is 0. The molecular weight excluding hydrogens is 220 g/mol. The molecular formula is C11H16N4O2. The lowest BCUT2D eigenvalue weighted by molar-refractivity contribution is 0.0839. The standard InChI is InChI=1S/C11H16N4O2/c1-11(16)5-6-15(7-11)9-4-2-3-8(13-9)10(12)14-17/h2-4,16-17H,5-7H2,1H3,(H2,12,14). The first-order valence-corrected chi connectivity index (χ1v) is 5.44. The lowest BCUT2D eigenvalue weighted by Crippen LogP contribution is -2.30. The number of pyridine rings is 1. The van der Waals surface area contributed by atoms with Crippen molar-refractivity contribution in [2.75, 3.05) is 18.0 Å². The molecule has 1 aromatic rings. The van der Waals surface area contributed by atoms with Gasteiger partial charge in [0.2, 0.25) is 0 Å². The van der Waals surface area contributed by atoms with E-state index < -0.39 is 5.60 Å². The fourth-order valence-electron chi connectivity index (χ4n) is 1.93. The van der Waals surface area contributed by atoms with E-state index in [0.29, 0.717) is 18.7 Å². The van der Waals surface area contributed by atoms with E-state index in [0.717, 1.165) is 12.4 Å².